The van der Waals surface area contributed by atoms with E-state index in [9.17, 15) is 14.8 Å². The molecule has 0 radical (unpaired) electrons. The van der Waals surface area contributed by atoms with Crippen molar-refractivity contribution in [2.24, 2.45) is 11.2 Å². The lowest BCUT2D eigenvalue weighted by atomic mass is 10.1. The van der Waals surface area contributed by atoms with Crippen LogP contribution in [0.15, 0.2) is 5.28 Å². The fourth-order valence-corrected chi connectivity index (χ4v) is 1.00. The van der Waals surface area contributed by atoms with Crippen LogP contribution in [0.3, 0.4) is 0 Å². The van der Waals surface area contributed by atoms with Gasteiger partial charge in [-0.2, -0.15) is 0 Å². The molecule has 0 aliphatic heterocycles. The predicted molar refractivity (Wildman–Crippen MR) is 68.8 cm³/mol. The maximum atomic E-state index is 11.4. The van der Waals surface area contributed by atoms with Gasteiger partial charge in [-0.3, -0.25) is 4.79 Å². The SMILES string of the molecule is CC(C)CCN(C)/[N+]([O-])=N/OCOC(=O)OCCC(=O)O. The Hall–Kier alpha value is -2.26. The first-order valence-electron chi connectivity index (χ1n) is 6.35. The van der Waals surface area contributed by atoms with E-state index < -0.39 is 18.9 Å². The molecule has 0 aliphatic carbocycles. The molecular weight excluding hydrogens is 286 g/mol. The molecule has 122 valence electrons. The molecule has 0 aliphatic rings. The normalized spacial score (nSPS) is 11.1. The van der Waals surface area contributed by atoms with Gasteiger partial charge in [-0.1, -0.05) is 13.8 Å². The Bertz CT molecular complexity index is 360. The molecule has 0 unspecified atom stereocenters. The van der Waals surface area contributed by atoms with E-state index >= 15 is 0 Å². The van der Waals surface area contributed by atoms with Gasteiger partial charge in [0.1, 0.15) is 6.61 Å². The van der Waals surface area contributed by atoms with Gasteiger partial charge in [0.25, 0.3) is 6.79 Å². The number of hydrogen-bond donors (Lipinski definition) is 1. The highest BCUT2D eigenvalue weighted by Gasteiger charge is 2.09. The molecule has 0 aromatic heterocycles. The topological polar surface area (TPSA) is 124 Å². The quantitative estimate of drug-likeness (QED) is 0.160. The van der Waals surface area contributed by atoms with Gasteiger partial charge in [-0.25, -0.2) is 4.79 Å². The van der Waals surface area contributed by atoms with Crippen molar-refractivity contribution in [2.45, 2.75) is 26.7 Å². The summed E-state index contributed by atoms with van der Waals surface area (Å²) in [6, 6.07) is 0. The number of hydrazine groups is 1. The molecule has 0 saturated carbocycles. The first kappa shape index (κ1) is 18.7. The maximum Gasteiger partial charge on any atom is 0.511 e. The molecule has 0 spiro atoms. The van der Waals surface area contributed by atoms with Gasteiger partial charge < -0.3 is 24.6 Å². The van der Waals surface area contributed by atoms with Gasteiger partial charge in [0, 0.05) is 0 Å². The predicted octanol–water partition coefficient (Wildman–Crippen LogP) is 1.36. The number of ether oxygens (including phenoxy) is 2. The molecule has 0 rings (SSSR count). The number of carbonyl (C=O) groups is 2. The van der Waals surface area contributed by atoms with Gasteiger partial charge in [-0.05, 0) is 12.3 Å². The molecule has 0 saturated heterocycles. The first-order chi connectivity index (χ1) is 9.82. The van der Waals surface area contributed by atoms with Crippen molar-refractivity contribution in [3.8, 4) is 0 Å². The fraction of sp³-hybridized carbons (Fsp3) is 0.818. The van der Waals surface area contributed by atoms with Crippen LogP contribution in [0.2, 0.25) is 0 Å². The molecular formula is C11H21N3O7. The summed E-state index contributed by atoms with van der Waals surface area (Å²) in [5.41, 5.74) is 0. The molecule has 1 N–H and O–H groups in total. The van der Waals surface area contributed by atoms with Crippen LogP contribution >= 0.6 is 0 Å². The van der Waals surface area contributed by atoms with Crippen LogP contribution in [-0.2, 0) is 19.1 Å². The lowest BCUT2D eigenvalue weighted by Crippen LogP contribution is -2.28. The van der Waals surface area contributed by atoms with Crippen molar-refractivity contribution in [3.05, 3.63) is 5.21 Å². The second kappa shape index (κ2) is 10.5. The van der Waals surface area contributed by atoms with E-state index in [4.69, 9.17) is 5.11 Å². The Morgan fingerprint density at radius 2 is 2.05 bits per heavy atom. The minimum absolute atomic E-state index is 0.238. The van der Waals surface area contributed by atoms with Gasteiger partial charge in [-0.15, -0.1) is 5.01 Å². The Kier molecular flexibility index (Phi) is 9.39. The lowest BCUT2D eigenvalue weighted by molar-refractivity contribution is -0.706. The summed E-state index contributed by atoms with van der Waals surface area (Å²) in [6.45, 7) is 3.65. The Morgan fingerprint density at radius 1 is 1.38 bits per heavy atom. The minimum Gasteiger partial charge on any atom is -0.569 e. The third kappa shape index (κ3) is 11.3. The van der Waals surface area contributed by atoms with Crippen molar-refractivity contribution in [1.82, 2.24) is 5.01 Å². The average molecular weight is 307 g/mol. The average Bonchev–Trinajstić information content (AvgIpc) is 2.40. The van der Waals surface area contributed by atoms with Crippen molar-refractivity contribution in [3.63, 3.8) is 0 Å². The number of nitrogens with zero attached hydrogens (tertiary/aromatic N) is 3. The van der Waals surface area contributed by atoms with Gasteiger partial charge >= 0.3 is 12.1 Å². The molecule has 0 fully saturated rings. The van der Waals surface area contributed by atoms with E-state index in [0.717, 1.165) is 6.42 Å². The van der Waals surface area contributed by atoms with Gasteiger partial charge in [0.15, 0.2) is 0 Å². The number of aliphatic carboxylic acids is 1. The summed E-state index contributed by atoms with van der Waals surface area (Å²) >= 11 is 0. The summed E-state index contributed by atoms with van der Waals surface area (Å²) in [5.74, 6) is -0.647. The van der Waals surface area contributed by atoms with E-state index in [1.807, 2.05) is 13.8 Å². The highest BCUT2D eigenvalue weighted by atomic mass is 16.8. The molecule has 21 heavy (non-hydrogen) atoms. The summed E-state index contributed by atoms with van der Waals surface area (Å²) in [4.78, 5) is 25.8. The van der Waals surface area contributed by atoms with Crippen LogP contribution in [0.1, 0.15) is 26.7 Å². The fourth-order valence-electron chi connectivity index (χ4n) is 1.00. The van der Waals surface area contributed by atoms with Crippen molar-refractivity contribution in [1.29, 1.82) is 0 Å². The number of rotatable bonds is 10. The highest BCUT2D eigenvalue weighted by molar-refractivity contribution is 5.67. The molecule has 0 heterocycles. The highest BCUT2D eigenvalue weighted by Crippen LogP contribution is 2.01. The number of carbonyl (C=O) groups excluding carboxylic acids is 1. The molecule has 0 amide bonds. The molecule has 0 aromatic carbocycles. The standard InChI is InChI=1S/C11H21N3O7/c1-9(2)4-6-13(3)14(18)12-21-8-20-11(17)19-7-5-10(15)16/h9H,4-8H2,1-3H3,(H,15,16)/b14-12-. The maximum absolute atomic E-state index is 11.4. The number of hydrogen-bond acceptors (Lipinski definition) is 7. The smallest absolute Gasteiger partial charge is 0.511 e. The van der Waals surface area contributed by atoms with Crippen molar-refractivity contribution < 1.29 is 34.0 Å². The zero-order valence-corrected chi connectivity index (χ0v) is 12.4. The van der Waals surface area contributed by atoms with Crippen LogP contribution in [0, 0.1) is 11.1 Å². The number of carboxylic acid groups (broad SMARTS) is 1. The van der Waals surface area contributed by atoms with E-state index in [1.54, 1.807) is 7.05 Å². The van der Waals surface area contributed by atoms with Crippen LogP contribution in [0.5, 0.6) is 0 Å². The Morgan fingerprint density at radius 3 is 2.62 bits per heavy atom. The minimum atomic E-state index is -1.10. The molecule has 10 heteroatoms. The third-order valence-corrected chi connectivity index (χ3v) is 2.22. The van der Waals surface area contributed by atoms with Gasteiger partial charge in [0.2, 0.25) is 5.28 Å². The first-order valence-corrected chi connectivity index (χ1v) is 6.35. The molecule has 10 nitrogen and oxygen atoms in total. The second-order valence-electron chi connectivity index (χ2n) is 4.53. The zero-order valence-electron chi connectivity index (χ0n) is 12.4. The molecule has 0 atom stereocenters. The van der Waals surface area contributed by atoms with Gasteiger partial charge in [0.05, 0.1) is 25.0 Å². The van der Waals surface area contributed by atoms with E-state index in [1.165, 1.54) is 5.01 Å². The summed E-state index contributed by atoms with van der Waals surface area (Å²) in [5, 5.41) is 24.1. The van der Waals surface area contributed by atoms with Crippen LogP contribution < -0.4 is 0 Å². The number of carboxylic acids is 1. The zero-order chi connectivity index (χ0) is 16.3. The molecule has 0 aromatic rings. The largest absolute Gasteiger partial charge is 0.569 e. The molecule has 0 bridgehead atoms. The van der Waals surface area contributed by atoms with E-state index in [-0.39, 0.29) is 18.0 Å². The summed E-state index contributed by atoms with van der Waals surface area (Å²) in [7, 11) is 1.54. The third-order valence-electron chi connectivity index (χ3n) is 2.22. The monoisotopic (exact) mass is 307 g/mol. The van der Waals surface area contributed by atoms with Crippen LogP contribution in [-0.4, -0.2) is 54.2 Å². The Balaban J connectivity index is 3.78. The van der Waals surface area contributed by atoms with Crippen LogP contribution in [0.25, 0.3) is 0 Å². The Labute approximate surface area is 122 Å². The lowest BCUT2D eigenvalue weighted by Gasteiger charge is -2.13. The van der Waals surface area contributed by atoms with E-state index in [2.05, 4.69) is 19.6 Å². The summed E-state index contributed by atoms with van der Waals surface area (Å²) < 4.78 is 8.80. The van der Waals surface area contributed by atoms with E-state index in [0.29, 0.717) is 12.5 Å². The van der Waals surface area contributed by atoms with Crippen molar-refractivity contribution in [2.75, 3.05) is 27.0 Å². The second-order valence-corrected chi connectivity index (χ2v) is 4.53. The van der Waals surface area contributed by atoms with Crippen LogP contribution in [0.4, 0.5) is 4.79 Å². The van der Waals surface area contributed by atoms with Crippen molar-refractivity contribution >= 4 is 12.1 Å². The summed E-state index contributed by atoms with van der Waals surface area (Å²) in [6.07, 6.45) is -0.607.